The minimum atomic E-state index is -3.89. The Bertz CT molecular complexity index is 1930. The summed E-state index contributed by atoms with van der Waals surface area (Å²) in [6.07, 6.45) is 8.41. The second-order valence-electron chi connectivity index (χ2n) is 14.9. The molecule has 3 aromatic rings. The number of hydrogen-bond donors (Lipinski definition) is 1. The van der Waals surface area contributed by atoms with Crippen molar-refractivity contribution >= 4 is 32.9 Å². The summed E-state index contributed by atoms with van der Waals surface area (Å²) >= 11 is 0. The molecule has 0 spiro atoms. The Morgan fingerprint density at radius 2 is 1.79 bits per heavy atom. The average Bonchev–Trinajstić information content (AvgIpc) is 3.28. The van der Waals surface area contributed by atoms with E-state index in [-0.39, 0.29) is 17.9 Å². The van der Waals surface area contributed by atoms with Gasteiger partial charge in [0.15, 0.2) is 0 Å². The number of hydrogen-bond acceptors (Lipinski definition) is 6. The Kier molecular flexibility index (Phi) is 6.66. The zero-order valence-electron chi connectivity index (χ0n) is 27.2. The number of carbonyl (C=O) groups is 2. The second kappa shape index (κ2) is 10.5. The van der Waals surface area contributed by atoms with Gasteiger partial charge in [-0.25, -0.2) is 4.72 Å². The van der Waals surface area contributed by atoms with E-state index in [2.05, 4.69) is 38.3 Å². The van der Waals surface area contributed by atoms with E-state index in [1.54, 1.807) is 13.2 Å². The van der Waals surface area contributed by atoms with Crippen molar-refractivity contribution in [1.82, 2.24) is 23.4 Å². The van der Waals surface area contributed by atoms with Crippen LogP contribution in [0.4, 0.5) is 0 Å². The lowest BCUT2D eigenvalue weighted by atomic mass is 9.81. The number of piperazine rings is 1. The second-order valence-corrected chi connectivity index (χ2v) is 16.6. The predicted molar refractivity (Wildman–Crippen MR) is 179 cm³/mol. The summed E-state index contributed by atoms with van der Waals surface area (Å²) in [7, 11) is -0.0312. The van der Waals surface area contributed by atoms with Crippen LogP contribution in [0.25, 0.3) is 22.2 Å². The maximum absolute atomic E-state index is 14.8. The van der Waals surface area contributed by atoms with Gasteiger partial charge in [0, 0.05) is 72.8 Å². The molecule has 0 radical (unpaired) electrons. The van der Waals surface area contributed by atoms with E-state index in [1.807, 2.05) is 18.2 Å². The number of amides is 2. The van der Waals surface area contributed by atoms with Crippen LogP contribution in [0, 0.1) is 5.41 Å². The van der Waals surface area contributed by atoms with E-state index in [0.29, 0.717) is 37.2 Å². The number of nitrogens with one attached hydrogen (secondary N) is 1. The van der Waals surface area contributed by atoms with Crippen molar-refractivity contribution in [2.75, 3.05) is 40.3 Å². The fraction of sp³-hybridized carbons (Fsp3) is 0.556. The summed E-state index contributed by atoms with van der Waals surface area (Å²) in [6, 6.07) is 12.7. The molecule has 2 unspecified atom stereocenters. The Morgan fingerprint density at radius 3 is 2.47 bits per heavy atom. The number of aromatic nitrogens is 1. The van der Waals surface area contributed by atoms with Crippen LogP contribution in [0.2, 0.25) is 0 Å². The zero-order chi connectivity index (χ0) is 32.2. The maximum atomic E-state index is 14.8. The Labute approximate surface area is 276 Å². The molecule has 47 heavy (non-hydrogen) atoms. The van der Waals surface area contributed by atoms with Crippen molar-refractivity contribution < 1.29 is 22.7 Å². The third-order valence-electron chi connectivity index (χ3n) is 12.4. The van der Waals surface area contributed by atoms with Gasteiger partial charge in [0.05, 0.1) is 18.2 Å². The lowest BCUT2D eigenvalue weighted by Gasteiger charge is -2.35. The summed E-state index contributed by atoms with van der Waals surface area (Å²) < 4.78 is 37.3. The summed E-state index contributed by atoms with van der Waals surface area (Å²) in [5.74, 6) is 0.874. The van der Waals surface area contributed by atoms with E-state index in [4.69, 9.17) is 4.74 Å². The van der Waals surface area contributed by atoms with Crippen molar-refractivity contribution in [2.45, 2.75) is 81.8 Å². The van der Waals surface area contributed by atoms with Gasteiger partial charge in [0.25, 0.3) is 5.91 Å². The first-order chi connectivity index (χ1) is 22.7. The molecule has 4 aliphatic heterocycles. The van der Waals surface area contributed by atoms with Crippen LogP contribution in [0.5, 0.6) is 5.75 Å². The minimum Gasteiger partial charge on any atom is -0.497 e. The highest BCUT2D eigenvalue weighted by Gasteiger charge is 2.65. The summed E-state index contributed by atoms with van der Waals surface area (Å²) in [6.45, 7) is 3.09. The topological polar surface area (TPSA) is 104 Å². The highest BCUT2D eigenvalue weighted by atomic mass is 32.2. The molecular formula is C36H43N5O5S. The average molecular weight is 658 g/mol. The summed E-state index contributed by atoms with van der Waals surface area (Å²) in [5.41, 5.74) is 5.41. The first kappa shape index (κ1) is 29.7. The van der Waals surface area contributed by atoms with Crippen molar-refractivity contribution in [3.05, 3.63) is 53.1 Å². The molecule has 1 aromatic heterocycles. The first-order valence-electron chi connectivity index (χ1n) is 17.4. The number of methoxy groups -OCH3 is 1. The number of nitrogens with zero attached hydrogens (tertiary/aromatic N) is 4. The molecule has 11 heteroatoms. The molecule has 4 atom stereocenters. The smallest absolute Gasteiger partial charge is 0.304 e. The molecule has 6 aliphatic rings. The molecule has 10 nitrogen and oxygen atoms in total. The largest absolute Gasteiger partial charge is 0.497 e. The third kappa shape index (κ3) is 4.45. The third-order valence-corrected chi connectivity index (χ3v) is 13.9. The molecule has 2 bridgehead atoms. The molecule has 2 aliphatic carbocycles. The molecule has 2 aromatic carbocycles. The van der Waals surface area contributed by atoms with Gasteiger partial charge in [-0.15, -0.1) is 0 Å². The van der Waals surface area contributed by atoms with Crippen LogP contribution in [0.1, 0.15) is 84.7 Å². The van der Waals surface area contributed by atoms with E-state index >= 15 is 0 Å². The molecule has 248 valence electrons. The standard InChI is InChI=1S/C36H43N5O5S/c1-38-19-25-16-24(38)20-40(25)35(43)36-18-30(36)29-17-26(46-2)10-12-27(29)33-32(22-7-4-3-5-8-22)28-11-9-23(15-31(28)41(33)21-36)34(42)37-47(44,45)39-13-6-14-39/h9-12,15,17,22,24-25,30H,3-8,13-14,16,18-21H2,1-2H3,(H,37,42)/t24-,25+,30?,36?/m0/s1. The van der Waals surface area contributed by atoms with Crippen LogP contribution in [0.15, 0.2) is 36.4 Å². The zero-order valence-corrected chi connectivity index (χ0v) is 28.0. The predicted octanol–water partition coefficient (Wildman–Crippen LogP) is 4.45. The van der Waals surface area contributed by atoms with Crippen molar-refractivity contribution in [1.29, 1.82) is 0 Å². The normalized spacial score (nSPS) is 28.7. The van der Waals surface area contributed by atoms with Gasteiger partial charge < -0.3 is 14.2 Å². The van der Waals surface area contributed by atoms with E-state index in [1.165, 1.54) is 34.7 Å². The number of fused-ring (bicyclic) bond motifs is 9. The van der Waals surface area contributed by atoms with Gasteiger partial charge in [-0.3, -0.25) is 14.5 Å². The lowest BCUT2D eigenvalue weighted by molar-refractivity contribution is -0.140. The molecular weight excluding hydrogens is 614 g/mol. The van der Waals surface area contributed by atoms with Crippen molar-refractivity contribution in [2.24, 2.45) is 5.41 Å². The number of carbonyl (C=O) groups excluding carboxylic acids is 2. The number of benzene rings is 2. The number of ether oxygens (including phenoxy) is 1. The van der Waals surface area contributed by atoms with Crippen LogP contribution in [-0.2, 0) is 21.5 Å². The highest BCUT2D eigenvalue weighted by Crippen LogP contribution is 2.66. The summed E-state index contributed by atoms with van der Waals surface area (Å²) in [4.78, 5) is 32.8. The Hall–Kier alpha value is -3.41. The fourth-order valence-electron chi connectivity index (χ4n) is 9.59. The monoisotopic (exact) mass is 657 g/mol. The number of likely N-dealkylation sites (tertiary alicyclic amines) is 2. The van der Waals surface area contributed by atoms with Crippen LogP contribution >= 0.6 is 0 Å². The van der Waals surface area contributed by atoms with Crippen LogP contribution in [0.3, 0.4) is 0 Å². The minimum absolute atomic E-state index is 0.0827. The van der Waals surface area contributed by atoms with Gasteiger partial charge in [-0.1, -0.05) is 25.3 Å². The van der Waals surface area contributed by atoms with Gasteiger partial charge in [0.1, 0.15) is 5.75 Å². The molecule has 9 rings (SSSR count). The maximum Gasteiger partial charge on any atom is 0.304 e. The SMILES string of the molecule is COc1ccc2c(c1)C1CC1(C(=O)N1C[C@@H]3C[C@@H]1CN3C)Cn1c-2c(C2CCCCC2)c2ccc(C(=O)NS(=O)(=O)N3CCC3)cc21. The molecule has 1 N–H and O–H groups in total. The first-order valence-corrected chi connectivity index (χ1v) is 18.8. The van der Waals surface area contributed by atoms with E-state index in [0.717, 1.165) is 73.1 Å². The molecule has 3 saturated heterocycles. The highest BCUT2D eigenvalue weighted by molar-refractivity contribution is 7.87. The van der Waals surface area contributed by atoms with E-state index in [9.17, 15) is 18.0 Å². The van der Waals surface area contributed by atoms with Crippen LogP contribution < -0.4 is 9.46 Å². The van der Waals surface area contributed by atoms with Gasteiger partial charge >= 0.3 is 10.2 Å². The van der Waals surface area contributed by atoms with Crippen LogP contribution in [-0.4, -0.2) is 91.3 Å². The Balaban J connectivity index is 1.21. The Morgan fingerprint density at radius 1 is 0.979 bits per heavy atom. The number of likely N-dealkylation sites (N-methyl/N-ethyl adjacent to an activating group) is 1. The van der Waals surface area contributed by atoms with Gasteiger partial charge in [0.2, 0.25) is 5.91 Å². The molecule has 5 fully saturated rings. The number of rotatable bonds is 6. The molecule has 2 saturated carbocycles. The summed E-state index contributed by atoms with van der Waals surface area (Å²) in [5, 5.41) is 1.10. The van der Waals surface area contributed by atoms with Crippen molar-refractivity contribution in [3.8, 4) is 17.0 Å². The van der Waals surface area contributed by atoms with Gasteiger partial charge in [-0.2, -0.15) is 12.7 Å². The quantitative estimate of drug-likeness (QED) is 0.421. The van der Waals surface area contributed by atoms with Crippen molar-refractivity contribution in [3.63, 3.8) is 0 Å². The van der Waals surface area contributed by atoms with Gasteiger partial charge in [-0.05, 0) is 86.5 Å². The van der Waals surface area contributed by atoms with E-state index < -0.39 is 21.5 Å². The fourth-order valence-corrected chi connectivity index (χ4v) is 10.8. The lowest BCUT2D eigenvalue weighted by Crippen LogP contribution is -2.50. The molecule has 5 heterocycles. The molecule has 2 amide bonds.